The van der Waals surface area contributed by atoms with Gasteiger partial charge >= 0.3 is 10.2 Å². The number of hydrogen-bond acceptors (Lipinski definition) is 5. The average molecular weight is 479 g/mol. The van der Waals surface area contributed by atoms with E-state index in [1.54, 1.807) is 24.3 Å². The van der Waals surface area contributed by atoms with Crippen molar-refractivity contribution in [2.75, 3.05) is 43.4 Å². The van der Waals surface area contributed by atoms with Crippen LogP contribution >= 0.6 is 0 Å². The van der Waals surface area contributed by atoms with Gasteiger partial charge in [-0.05, 0) is 49.2 Å². The van der Waals surface area contributed by atoms with Gasteiger partial charge in [-0.3, -0.25) is 9.59 Å². The number of hydrogen-bond donors (Lipinski definition) is 2. The van der Waals surface area contributed by atoms with Crippen molar-refractivity contribution in [3.8, 4) is 0 Å². The third-order valence-corrected chi connectivity index (χ3v) is 6.92. The Labute approximate surface area is 192 Å². The molecule has 1 saturated heterocycles. The van der Waals surface area contributed by atoms with Crippen LogP contribution in [0.3, 0.4) is 0 Å². The number of ether oxygens (including phenoxy) is 1. The summed E-state index contributed by atoms with van der Waals surface area (Å²) >= 11 is 0. The van der Waals surface area contributed by atoms with Gasteiger partial charge in [0.1, 0.15) is 12.4 Å². The van der Waals surface area contributed by atoms with Crippen LogP contribution in [0, 0.1) is 5.82 Å². The first-order valence-corrected chi connectivity index (χ1v) is 11.8. The fourth-order valence-electron chi connectivity index (χ4n) is 3.33. The molecule has 1 aliphatic rings. The maximum absolute atomic E-state index is 13.3. The lowest BCUT2D eigenvalue weighted by molar-refractivity contribution is -0.114. The molecule has 0 aliphatic carbocycles. The van der Waals surface area contributed by atoms with Gasteiger partial charge in [0, 0.05) is 27.2 Å². The summed E-state index contributed by atoms with van der Waals surface area (Å²) in [5.74, 6) is -1.57. The van der Waals surface area contributed by atoms with Crippen LogP contribution < -0.4 is 14.9 Å². The molecule has 3 rings (SSSR count). The predicted octanol–water partition coefficient (Wildman–Crippen LogP) is 1.99. The molecule has 9 nitrogen and oxygen atoms in total. The number of amides is 2. The van der Waals surface area contributed by atoms with E-state index in [2.05, 4.69) is 10.6 Å². The van der Waals surface area contributed by atoms with Gasteiger partial charge in [-0.1, -0.05) is 12.1 Å². The molecule has 0 bridgehead atoms. The minimum Gasteiger partial charge on any atom is -0.376 e. The Morgan fingerprint density at radius 2 is 1.82 bits per heavy atom. The van der Waals surface area contributed by atoms with Gasteiger partial charge in [-0.15, -0.1) is 0 Å². The van der Waals surface area contributed by atoms with Crippen LogP contribution in [0.5, 0.6) is 0 Å². The van der Waals surface area contributed by atoms with Crippen LogP contribution in [0.1, 0.15) is 23.2 Å². The van der Waals surface area contributed by atoms with Gasteiger partial charge in [0.2, 0.25) is 5.91 Å². The normalized spacial score (nSPS) is 15.9. The van der Waals surface area contributed by atoms with Gasteiger partial charge in [0.25, 0.3) is 5.91 Å². The van der Waals surface area contributed by atoms with E-state index < -0.39 is 28.5 Å². The topological polar surface area (TPSA) is 108 Å². The first kappa shape index (κ1) is 24.6. The Morgan fingerprint density at radius 3 is 2.45 bits per heavy atom. The molecule has 2 aromatic carbocycles. The maximum atomic E-state index is 13.3. The molecule has 1 heterocycles. The van der Waals surface area contributed by atoms with E-state index >= 15 is 0 Å². The number of nitrogens with one attached hydrogen (secondary N) is 2. The Balaban J connectivity index is 1.75. The van der Waals surface area contributed by atoms with E-state index in [4.69, 9.17) is 4.74 Å². The zero-order valence-electron chi connectivity index (χ0n) is 18.5. The first-order chi connectivity index (χ1) is 15.7. The average Bonchev–Trinajstić information content (AvgIpc) is 3.30. The summed E-state index contributed by atoms with van der Waals surface area (Å²) in [5.41, 5.74) is 0.615. The van der Waals surface area contributed by atoms with Gasteiger partial charge in [-0.2, -0.15) is 12.7 Å². The fraction of sp³-hybridized carbons (Fsp3) is 0.364. The molecule has 2 aromatic rings. The van der Waals surface area contributed by atoms with E-state index in [1.807, 2.05) is 0 Å². The maximum Gasteiger partial charge on any atom is 0.304 e. The number of halogens is 1. The minimum atomic E-state index is -4.05. The molecule has 2 amide bonds. The SMILES string of the molecule is CN(C)S(=O)(=O)N(CC(=O)Nc1ccccc1C(=O)NC[C@@H]1CCCO1)c1ccc(F)cc1. The molecule has 0 spiro atoms. The summed E-state index contributed by atoms with van der Waals surface area (Å²) in [6, 6.07) is 11.2. The van der Waals surface area contributed by atoms with Crippen molar-refractivity contribution in [3.05, 3.63) is 59.9 Å². The summed E-state index contributed by atoms with van der Waals surface area (Å²) in [6.07, 6.45) is 1.79. The Bertz CT molecular complexity index is 1090. The summed E-state index contributed by atoms with van der Waals surface area (Å²) in [6.45, 7) is 0.464. The second-order valence-electron chi connectivity index (χ2n) is 7.71. The number of carbonyl (C=O) groups excluding carboxylic acids is 2. The lowest BCUT2D eigenvalue weighted by atomic mass is 10.1. The fourth-order valence-corrected chi connectivity index (χ4v) is 4.39. The quantitative estimate of drug-likeness (QED) is 0.573. The Kier molecular flexibility index (Phi) is 8.01. The van der Waals surface area contributed by atoms with Crippen LogP contribution in [0.4, 0.5) is 15.8 Å². The van der Waals surface area contributed by atoms with Crippen LogP contribution in [-0.4, -0.2) is 64.4 Å². The molecule has 2 N–H and O–H groups in total. The Morgan fingerprint density at radius 1 is 1.12 bits per heavy atom. The summed E-state index contributed by atoms with van der Waals surface area (Å²) in [5, 5.41) is 5.41. The molecule has 178 valence electrons. The zero-order chi connectivity index (χ0) is 24.0. The number of carbonyl (C=O) groups is 2. The van der Waals surface area contributed by atoms with E-state index in [-0.39, 0.29) is 28.9 Å². The second-order valence-corrected chi connectivity index (χ2v) is 9.78. The van der Waals surface area contributed by atoms with Crippen LogP contribution in [-0.2, 0) is 19.7 Å². The third kappa shape index (κ3) is 6.28. The number of rotatable bonds is 9. The molecule has 1 aliphatic heterocycles. The number of para-hydroxylation sites is 1. The molecular formula is C22H27FN4O5S. The van der Waals surface area contributed by atoms with Gasteiger partial charge in [-0.25, -0.2) is 8.70 Å². The van der Waals surface area contributed by atoms with Crippen molar-refractivity contribution in [2.24, 2.45) is 0 Å². The van der Waals surface area contributed by atoms with Crippen molar-refractivity contribution in [2.45, 2.75) is 18.9 Å². The molecule has 0 unspecified atom stereocenters. The van der Waals surface area contributed by atoms with E-state index in [9.17, 15) is 22.4 Å². The van der Waals surface area contributed by atoms with E-state index in [1.165, 1.54) is 26.2 Å². The van der Waals surface area contributed by atoms with Crippen LogP contribution in [0.25, 0.3) is 0 Å². The molecule has 0 aromatic heterocycles. The summed E-state index contributed by atoms with van der Waals surface area (Å²) < 4.78 is 46.2. The lowest BCUT2D eigenvalue weighted by Gasteiger charge is -2.27. The smallest absolute Gasteiger partial charge is 0.304 e. The van der Waals surface area contributed by atoms with Gasteiger partial charge in [0.05, 0.1) is 23.0 Å². The summed E-state index contributed by atoms with van der Waals surface area (Å²) in [4.78, 5) is 25.5. The first-order valence-electron chi connectivity index (χ1n) is 10.4. The number of nitrogens with zero attached hydrogens (tertiary/aromatic N) is 2. The number of anilines is 2. The van der Waals surface area contributed by atoms with Crippen LogP contribution in [0.15, 0.2) is 48.5 Å². The highest BCUT2D eigenvalue weighted by Crippen LogP contribution is 2.21. The second kappa shape index (κ2) is 10.7. The molecular weight excluding hydrogens is 451 g/mol. The molecule has 11 heteroatoms. The van der Waals surface area contributed by atoms with Crippen molar-refractivity contribution >= 4 is 33.4 Å². The molecule has 1 fully saturated rings. The van der Waals surface area contributed by atoms with Crippen molar-refractivity contribution in [1.29, 1.82) is 0 Å². The van der Waals surface area contributed by atoms with E-state index in [0.717, 1.165) is 33.6 Å². The predicted molar refractivity (Wildman–Crippen MR) is 123 cm³/mol. The molecule has 0 saturated carbocycles. The van der Waals surface area contributed by atoms with Crippen LogP contribution in [0.2, 0.25) is 0 Å². The van der Waals surface area contributed by atoms with Gasteiger partial charge in [0.15, 0.2) is 0 Å². The highest BCUT2D eigenvalue weighted by Gasteiger charge is 2.28. The minimum absolute atomic E-state index is 0.0313. The summed E-state index contributed by atoms with van der Waals surface area (Å²) in [7, 11) is -1.38. The van der Waals surface area contributed by atoms with Gasteiger partial charge < -0.3 is 15.4 Å². The molecule has 0 radical (unpaired) electrons. The molecule has 33 heavy (non-hydrogen) atoms. The standard InChI is InChI=1S/C22H27FN4O5S/c1-26(2)33(30,31)27(17-11-9-16(23)10-12-17)15-21(28)25-20-8-4-3-7-19(20)22(29)24-14-18-6-5-13-32-18/h3-4,7-12,18H,5-6,13-15H2,1-2H3,(H,24,29)(H,25,28)/t18-/m0/s1. The monoisotopic (exact) mass is 478 g/mol. The largest absolute Gasteiger partial charge is 0.376 e. The zero-order valence-corrected chi connectivity index (χ0v) is 19.3. The molecule has 1 atom stereocenters. The Hall–Kier alpha value is -3.02. The number of benzene rings is 2. The van der Waals surface area contributed by atoms with Crippen molar-refractivity contribution in [1.82, 2.24) is 9.62 Å². The van der Waals surface area contributed by atoms with E-state index in [0.29, 0.717) is 13.2 Å². The highest BCUT2D eigenvalue weighted by molar-refractivity contribution is 7.90. The highest BCUT2D eigenvalue weighted by atomic mass is 32.2. The lowest BCUT2D eigenvalue weighted by Crippen LogP contribution is -2.44. The van der Waals surface area contributed by atoms with Crippen molar-refractivity contribution < 1.29 is 27.1 Å². The van der Waals surface area contributed by atoms with Crippen molar-refractivity contribution in [3.63, 3.8) is 0 Å². The third-order valence-electron chi connectivity index (χ3n) is 5.10.